The van der Waals surface area contributed by atoms with Crippen LogP contribution in [-0.2, 0) is 0 Å². The van der Waals surface area contributed by atoms with E-state index in [9.17, 15) is 0 Å². The highest BCUT2D eigenvalue weighted by molar-refractivity contribution is 6.15. The Morgan fingerprint density at radius 3 is 0.544 bits per heavy atom. The molecule has 0 saturated carbocycles. The summed E-state index contributed by atoms with van der Waals surface area (Å²) >= 11 is 0. The Bertz CT molecular complexity index is 1860. The van der Waals surface area contributed by atoms with Crippen LogP contribution in [0.4, 0.5) is 0 Å². The van der Waals surface area contributed by atoms with E-state index >= 15 is 0 Å². The molecule has 0 saturated heterocycles. The Hall–Kier alpha value is -2.62. The molecule has 4 nitrogen and oxygen atoms in total. The summed E-state index contributed by atoms with van der Waals surface area (Å²) in [6.45, 7) is 12.1. The topological polar surface area (TPSA) is 36.9 Å². The smallest absolute Gasteiger partial charge is 0.142 e. The molecule has 3 rings (SSSR count). The Morgan fingerprint density at radius 1 is 0.178 bits per heavy atom. The largest absolute Gasteiger partial charge is 0.493 e. The van der Waals surface area contributed by atoms with Gasteiger partial charge in [-0.2, -0.15) is 0 Å². The first-order valence-electron chi connectivity index (χ1n) is 41.3. The van der Waals surface area contributed by atoms with Gasteiger partial charge in [0.1, 0.15) is 23.0 Å². The fourth-order valence-electron chi connectivity index (χ4n) is 14.0. The van der Waals surface area contributed by atoms with Gasteiger partial charge in [-0.1, -0.05) is 437 Å². The summed E-state index contributed by atoms with van der Waals surface area (Å²) in [5, 5.41) is 4.36. The van der Waals surface area contributed by atoms with Gasteiger partial charge in [-0.25, -0.2) is 0 Å². The lowest BCUT2D eigenvalue weighted by atomic mass is 9.98. The first-order chi connectivity index (χ1) is 44.8. The molecule has 0 aliphatic carbocycles. The summed E-state index contributed by atoms with van der Waals surface area (Å²) < 4.78 is 28.1. The second-order valence-electron chi connectivity index (χ2n) is 28.6. The van der Waals surface area contributed by atoms with E-state index in [-0.39, 0.29) is 0 Å². The van der Waals surface area contributed by atoms with Crippen LogP contribution in [0.25, 0.3) is 21.5 Å². The summed E-state index contributed by atoms with van der Waals surface area (Å²) in [7, 11) is 0. The Morgan fingerprint density at radius 2 is 0.344 bits per heavy atom. The number of unbranched alkanes of at least 4 members (excludes halogenated alkanes) is 60. The van der Waals surface area contributed by atoms with Gasteiger partial charge in [0.2, 0.25) is 0 Å². The van der Waals surface area contributed by atoms with E-state index in [0.29, 0.717) is 6.61 Å². The van der Waals surface area contributed by atoms with E-state index < -0.39 is 0 Å². The molecule has 4 heteroatoms. The molecule has 0 radical (unpaired) electrons. The molecule has 0 atom stereocenters. The van der Waals surface area contributed by atoms with Crippen LogP contribution in [0, 0.1) is 0 Å². The van der Waals surface area contributed by atoms with Gasteiger partial charge in [-0.05, 0) is 37.8 Å². The average Bonchev–Trinajstić information content (AvgIpc) is 1.49. The van der Waals surface area contributed by atoms with Gasteiger partial charge in [0.15, 0.2) is 0 Å². The zero-order chi connectivity index (χ0) is 63.8. The molecule has 0 N–H and O–H groups in total. The normalized spacial score (nSPS) is 11.7. The lowest BCUT2D eigenvalue weighted by Crippen LogP contribution is -2.06. The predicted octanol–water partition coefficient (Wildman–Crippen LogP) is 30.6. The number of fused-ring (bicyclic) bond motifs is 2. The summed E-state index contributed by atoms with van der Waals surface area (Å²) in [4.78, 5) is 0. The van der Waals surface area contributed by atoms with E-state index in [1.807, 2.05) is 0 Å². The zero-order valence-electron chi connectivity index (χ0n) is 61.2. The molecule has 0 bridgehead atoms. The van der Waals surface area contributed by atoms with Crippen molar-refractivity contribution in [3.63, 3.8) is 0 Å². The molecule has 0 amide bonds. The second-order valence-corrected chi connectivity index (χ2v) is 28.6. The molecular weight excluding hydrogens is 1100 g/mol. The lowest BCUT2D eigenvalue weighted by molar-refractivity contribution is 0.292. The molecule has 3 aromatic rings. The highest BCUT2D eigenvalue weighted by Gasteiger charge is 2.23. The number of hydrogen-bond acceptors (Lipinski definition) is 4. The van der Waals surface area contributed by atoms with Gasteiger partial charge in [0.25, 0.3) is 0 Å². The molecule has 0 fully saturated rings. The van der Waals surface area contributed by atoms with Crippen LogP contribution >= 0.6 is 0 Å². The third-order valence-electron chi connectivity index (χ3n) is 20.0. The molecule has 0 aliphatic rings. The van der Waals surface area contributed by atoms with Crippen molar-refractivity contribution in [1.82, 2.24) is 0 Å². The van der Waals surface area contributed by atoms with Crippen LogP contribution in [0.1, 0.15) is 439 Å². The predicted molar refractivity (Wildman–Crippen MR) is 402 cm³/mol. The lowest BCUT2D eigenvalue weighted by Gasteiger charge is -2.22. The summed E-state index contributed by atoms with van der Waals surface area (Å²) in [6, 6.07) is 13.3. The first-order valence-corrected chi connectivity index (χ1v) is 41.3. The van der Waals surface area contributed by atoms with Crippen LogP contribution in [0.15, 0.2) is 36.4 Å². The van der Waals surface area contributed by atoms with Gasteiger partial charge in [0, 0.05) is 10.8 Å². The molecule has 90 heavy (non-hydrogen) atoms. The van der Waals surface area contributed by atoms with Crippen molar-refractivity contribution in [3.8, 4) is 23.0 Å². The maximum atomic E-state index is 7.18. The average molecular weight is 1250 g/mol. The van der Waals surface area contributed by atoms with Gasteiger partial charge in [-0.3, -0.25) is 0 Å². The Balaban J connectivity index is 1.65. The summed E-state index contributed by atoms with van der Waals surface area (Å²) in [5.74, 6) is 3.76. The number of benzene rings is 3. The maximum Gasteiger partial charge on any atom is 0.142 e. The monoisotopic (exact) mass is 1250 g/mol. The van der Waals surface area contributed by atoms with Gasteiger partial charge < -0.3 is 18.9 Å². The van der Waals surface area contributed by atoms with Crippen molar-refractivity contribution in [2.45, 2.75) is 439 Å². The zero-order valence-corrected chi connectivity index (χ0v) is 61.2. The summed E-state index contributed by atoms with van der Waals surface area (Å²) in [6.07, 6.45) is 87.7. The van der Waals surface area contributed by atoms with Crippen LogP contribution in [0.2, 0.25) is 0 Å². The SMILES string of the molecule is CCCCCCCCCCCCCCCCCCOc1c2cccc(OCCCCCCCCCCCCCCCCCC)c2c(OCCCCCCCCCCCCCCCCCC)c2c(OCCCCCCCCCCCCCCCCCC)cccc12. The van der Waals surface area contributed by atoms with Crippen molar-refractivity contribution in [3.05, 3.63) is 36.4 Å². The van der Waals surface area contributed by atoms with Crippen LogP contribution in [-0.4, -0.2) is 26.4 Å². The van der Waals surface area contributed by atoms with Crippen molar-refractivity contribution in [1.29, 1.82) is 0 Å². The summed E-state index contributed by atoms with van der Waals surface area (Å²) in [5.41, 5.74) is 0. The second kappa shape index (κ2) is 63.8. The maximum absolute atomic E-state index is 7.18. The van der Waals surface area contributed by atoms with Crippen LogP contribution in [0.5, 0.6) is 23.0 Å². The fourth-order valence-corrected chi connectivity index (χ4v) is 14.0. The molecule has 0 spiro atoms. The number of ether oxygens (including phenoxy) is 4. The van der Waals surface area contributed by atoms with E-state index in [1.165, 1.54) is 385 Å². The van der Waals surface area contributed by atoms with Crippen molar-refractivity contribution in [2.75, 3.05) is 26.4 Å². The van der Waals surface area contributed by atoms with E-state index in [0.717, 1.165) is 90.0 Å². The minimum atomic E-state index is 0.697. The first kappa shape index (κ1) is 81.6. The third-order valence-corrected chi connectivity index (χ3v) is 20.0. The molecule has 522 valence electrons. The van der Waals surface area contributed by atoms with E-state index in [2.05, 4.69) is 64.1 Å². The fraction of sp³-hybridized carbons (Fsp3) is 0.837. The minimum Gasteiger partial charge on any atom is -0.493 e. The number of rotatable bonds is 72. The van der Waals surface area contributed by atoms with Gasteiger partial charge in [-0.15, -0.1) is 0 Å². The third kappa shape index (κ3) is 44.1. The number of hydrogen-bond donors (Lipinski definition) is 0. The molecule has 3 aromatic carbocycles. The standard InChI is InChI=1S/C86H154O4/c1-5-9-13-17-21-25-29-33-37-41-45-49-53-57-61-65-75-87-81-73-69-71-79-83(81)86(90-78-68-64-60-56-52-48-44-40-36-32-28-24-20-16-12-8-4)84-80(85(79)89-77-67-63-59-55-51-47-43-39-35-31-27-23-19-15-11-7-3)72-70-74-82(84)88-76-66-62-58-54-50-46-42-38-34-30-26-22-18-14-10-6-2/h69-74H,5-68,75-78H2,1-4H3. The van der Waals surface area contributed by atoms with Crippen molar-refractivity contribution in [2.24, 2.45) is 0 Å². The van der Waals surface area contributed by atoms with E-state index in [1.54, 1.807) is 0 Å². The molecular formula is C86H154O4. The quantitative estimate of drug-likeness (QED) is 0.0417. The molecule has 0 aromatic heterocycles. The molecule has 0 heterocycles. The Kier molecular flexibility index (Phi) is 57.8. The highest BCUT2D eigenvalue weighted by atomic mass is 16.5. The van der Waals surface area contributed by atoms with Crippen LogP contribution in [0.3, 0.4) is 0 Å². The van der Waals surface area contributed by atoms with Gasteiger partial charge in [0.05, 0.1) is 37.2 Å². The van der Waals surface area contributed by atoms with E-state index in [4.69, 9.17) is 18.9 Å². The molecule has 0 unspecified atom stereocenters. The highest BCUT2D eigenvalue weighted by Crippen LogP contribution is 2.50. The minimum absolute atomic E-state index is 0.697. The van der Waals surface area contributed by atoms with Crippen molar-refractivity contribution < 1.29 is 18.9 Å². The van der Waals surface area contributed by atoms with Crippen LogP contribution < -0.4 is 18.9 Å². The molecule has 0 aliphatic heterocycles. The van der Waals surface area contributed by atoms with Crippen molar-refractivity contribution >= 4 is 21.5 Å². The Labute approximate surface area is 562 Å². The van der Waals surface area contributed by atoms with Gasteiger partial charge >= 0.3 is 0 Å².